The first-order valence-corrected chi connectivity index (χ1v) is 5.97. The molecule has 5 heteroatoms. The highest BCUT2D eigenvalue weighted by Gasteiger charge is 2.07. The number of aromatic amines is 1. The largest absolute Gasteiger partial charge is 0.290 e. The van der Waals surface area contributed by atoms with Gasteiger partial charge in [0.25, 0.3) is 5.56 Å². The summed E-state index contributed by atoms with van der Waals surface area (Å²) in [5.74, 6) is -0.707. The minimum absolute atomic E-state index is 0.268. The van der Waals surface area contributed by atoms with Crippen LogP contribution in [-0.4, -0.2) is 9.78 Å². The summed E-state index contributed by atoms with van der Waals surface area (Å²) in [5.41, 5.74) is 1.53. The van der Waals surface area contributed by atoms with Crippen LogP contribution < -0.4 is 5.56 Å². The van der Waals surface area contributed by atoms with Crippen LogP contribution in [0.1, 0.15) is 0 Å². The number of hydrogen-bond acceptors (Lipinski definition) is 1. The van der Waals surface area contributed by atoms with Crippen molar-refractivity contribution >= 4 is 0 Å². The van der Waals surface area contributed by atoms with Gasteiger partial charge >= 0.3 is 0 Å². The van der Waals surface area contributed by atoms with Crippen LogP contribution in [0.2, 0.25) is 0 Å². The van der Waals surface area contributed by atoms with E-state index in [1.165, 1.54) is 47.1 Å². The first kappa shape index (κ1) is 12.3. The van der Waals surface area contributed by atoms with Crippen molar-refractivity contribution in [3.8, 4) is 16.9 Å². The van der Waals surface area contributed by atoms with E-state index in [0.717, 1.165) is 0 Å². The Morgan fingerprint density at radius 1 is 0.850 bits per heavy atom. The van der Waals surface area contributed by atoms with E-state index < -0.39 is 0 Å². The summed E-state index contributed by atoms with van der Waals surface area (Å²) in [6.07, 6.45) is 0. The number of benzene rings is 2. The molecule has 1 N–H and O–H groups in total. The van der Waals surface area contributed by atoms with E-state index in [1.807, 2.05) is 0 Å². The average Bonchev–Trinajstić information content (AvgIpc) is 2.82. The van der Waals surface area contributed by atoms with Gasteiger partial charge in [0.15, 0.2) is 0 Å². The van der Waals surface area contributed by atoms with E-state index in [-0.39, 0.29) is 17.2 Å². The quantitative estimate of drug-likeness (QED) is 0.764. The Kier molecular flexibility index (Phi) is 2.95. The number of aromatic nitrogens is 2. The summed E-state index contributed by atoms with van der Waals surface area (Å²) in [6, 6.07) is 12.8. The third-order valence-corrected chi connectivity index (χ3v) is 2.96. The molecule has 0 aliphatic heterocycles. The predicted octanol–water partition coefficient (Wildman–Crippen LogP) is 3.11. The van der Waals surface area contributed by atoms with E-state index >= 15 is 0 Å². The van der Waals surface area contributed by atoms with E-state index in [4.69, 9.17) is 0 Å². The van der Waals surface area contributed by atoms with Crippen molar-refractivity contribution in [1.29, 1.82) is 0 Å². The zero-order chi connectivity index (χ0) is 14.1. The van der Waals surface area contributed by atoms with Crippen molar-refractivity contribution in [2.45, 2.75) is 0 Å². The Morgan fingerprint density at radius 3 is 2.00 bits per heavy atom. The standard InChI is InChI=1S/C15H10F2N2O/c16-11-3-1-10(2-4-11)14-9-15(20)19(18-14)13-7-5-12(17)6-8-13/h1-9,18H. The van der Waals surface area contributed by atoms with Crippen LogP contribution in [0.15, 0.2) is 59.4 Å². The number of H-pyrrole nitrogens is 1. The number of nitrogens with zero attached hydrogens (tertiary/aromatic N) is 1. The first-order valence-electron chi connectivity index (χ1n) is 5.97. The fourth-order valence-electron chi connectivity index (χ4n) is 1.96. The lowest BCUT2D eigenvalue weighted by molar-refractivity contribution is 0.627. The molecule has 0 radical (unpaired) electrons. The Balaban J connectivity index is 2.05. The molecule has 0 aliphatic carbocycles. The molecule has 0 saturated heterocycles. The van der Waals surface area contributed by atoms with Gasteiger partial charge < -0.3 is 0 Å². The number of nitrogens with one attached hydrogen (secondary N) is 1. The molecule has 0 spiro atoms. The van der Waals surface area contributed by atoms with Gasteiger partial charge in [-0.25, -0.2) is 13.5 Å². The molecule has 0 bridgehead atoms. The van der Waals surface area contributed by atoms with Crippen molar-refractivity contribution in [2.24, 2.45) is 0 Å². The van der Waals surface area contributed by atoms with Crippen LogP contribution in [0, 0.1) is 11.6 Å². The van der Waals surface area contributed by atoms with Gasteiger partial charge in [0.1, 0.15) is 11.6 Å². The summed E-state index contributed by atoms with van der Waals surface area (Å²) >= 11 is 0. The Labute approximate surface area is 113 Å². The number of hydrogen-bond donors (Lipinski definition) is 1. The predicted molar refractivity (Wildman–Crippen MR) is 71.7 cm³/mol. The number of rotatable bonds is 2. The second-order valence-corrected chi connectivity index (χ2v) is 4.33. The minimum atomic E-state index is -0.368. The van der Waals surface area contributed by atoms with Gasteiger partial charge in [-0.3, -0.25) is 9.89 Å². The van der Waals surface area contributed by atoms with E-state index in [1.54, 1.807) is 12.1 Å². The van der Waals surface area contributed by atoms with Crippen LogP contribution in [0.5, 0.6) is 0 Å². The molecule has 0 atom stereocenters. The molecular weight excluding hydrogens is 262 g/mol. The second kappa shape index (κ2) is 4.77. The molecule has 2 aromatic carbocycles. The highest BCUT2D eigenvalue weighted by Crippen LogP contribution is 2.17. The normalized spacial score (nSPS) is 10.7. The van der Waals surface area contributed by atoms with Crippen LogP contribution in [0.25, 0.3) is 16.9 Å². The zero-order valence-electron chi connectivity index (χ0n) is 10.3. The van der Waals surface area contributed by atoms with Gasteiger partial charge in [-0.1, -0.05) is 0 Å². The van der Waals surface area contributed by atoms with Gasteiger partial charge in [0, 0.05) is 6.07 Å². The van der Waals surface area contributed by atoms with Crippen molar-refractivity contribution in [2.75, 3.05) is 0 Å². The highest BCUT2D eigenvalue weighted by atomic mass is 19.1. The van der Waals surface area contributed by atoms with Crippen LogP contribution in [0.4, 0.5) is 8.78 Å². The molecule has 0 amide bonds. The molecule has 0 unspecified atom stereocenters. The molecule has 1 aromatic heterocycles. The molecule has 3 rings (SSSR count). The Morgan fingerprint density at radius 2 is 1.40 bits per heavy atom. The maximum atomic E-state index is 12.9. The Hall–Kier alpha value is -2.69. The van der Waals surface area contributed by atoms with Crippen LogP contribution >= 0.6 is 0 Å². The summed E-state index contributed by atoms with van der Waals surface area (Å²) < 4.78 is 27.1. The van der Waals surface area contributed by atoms with Crippen molar-refractivity contribution < 1.29 is 8.78 Å². The van der Waals surface area contributed by atoms with Crippen LogP contribution in [0.3, 0.4) is 0 Å². The fourth-order valence-corrected chi connectivity index (χ4v) is 1.96. The number of halogens is 2. The second-order valence-electron chi connectivity index (χ2n) is 4.33. The van der Waals surface area contributed by atoms with Crippen LogP contribution in [-0.2, 0) is 0 Å². The summed E-state index contributed by atoms with van der Waals surface area (Å²) in [6.45, 7) is 0. The lowest BCUT2D eigenvalue weighted by atomic mass is 10.1. The zero-order valence-corrected chi connectivity index (χ0v) is 10.3. The van der Waals surface area contributed by atoms with Gasteiger partial charge in [-0.05, 0) is 54.1 Å². The average molecular weight is 272 g/mol. The summed E-state index contributed by atoms with van der Waals surface area (Å²) in [5, 5.41) is 2.91. The highest BCUT2D eigenvalue weighted by molar-refractivity contribution is 5.58. The molecule has 3 nitrogen and oxygen atoms in total. The lowest BCUT2D eigenvalue weighted by Crippen LogP contribution is -2.13. The molecule has 100 valence electrons. The topological polar surface area (TPSA) is 37.8 Å². The summed E-state index contributed by atoms with van der Waals surface area (Å²) in [7, 11) is 0. The van der Waals surface area contributed by atoms with Gasteiger partial charge in [-0.2, -0.15) is 0 Å². The third-order valence-electron chi connectivity index (χ3n) is 2.96. The molecule has 0 fully saturated rings. The van der Waals surface area contributed by atoms with E-state index in [0.29, 0.717) is 16.9 Å². The third kappa shape index (κ3) is 2.25. The first-order chi connectivity index (χ1) is 9.63. The Bertz CT molecular complexity index is 786. The summed E-state index contributed by atoms with van der Waals surface area (Å²) in [4.78, 5) is 11.9. The maximum Gasteiger partial charge on any atom is 0.271 e. The molecule has 20 heavy (non-hydrogen) atoms. The van der Waals surface area contributed by atoms with E-state index in [2.05, 4.69) is 5.10 Å². The van der Waals surface area contributed by atoms with E-state index in [9.17, 15) is 13.6 Å². The molecule has 0 aliphatic rings. The minimum Gasteiger partial charge on any atom is -0.290 e. The van der Waals surface area contributed by atoms with Crippen molar-refractivity contribution in [1.82, 2.24) is 9.78 Å². The van der Waals surface area contributed by atoms with Gasteiger partial charge in [-0.15, -0.1) is 0 Å². The molecule has 1 heterocycles. The fraction of sp³-hybridized carbons (Fsp3) is 0. The van der Waals surface area contributed by atoms with Crippen molar-refractivity contribution in [3.05, 3.63) is 76.6 Å². The SMILES string of the molecule is O=c1cc(-c2ccc(F)cc2)[nH]n1-c1ccc(F)cc1. The maximum absolute atomic E-state index is 12.9. The molecule has 3 aromatic rings. The lowest BCUT2D eigenvalue weighted by Gasteiger charge is -2.02. The molecular formula is C15H10F2N2O. The monoisotopic (exact) mass is 272 g/mol. The van der Waals surface area contributed by atoms with Gasteiger partial charge in [0.2, 0.25) is 0 Å². The van der Waals surface area contributed by atoms with Crippen molar-refractivity contribution in [3.63, 3.8) is 0 Å². The molecule has 0 saturated carbocycles. The van der Waals surface area contributed by atoms with Gasteiger partial charge in [0.05, 0.1) is 11.4 Å². The smallest absolute Gasteiger partial charge is 0.271 e.